The van der Waals surface area contributed by atoms with E-state index in [1.807, 2.05) is 27.7 Å². The van der Waals surface area contributed by atoms with Crippen LogP contribution < -0.4 is 11.2 Å². The maximum atomic E-state index is 12.0. The number of hydroxylamine groups is 2. The molecule has 3 N–H and O–H groups in total. The van der Waals surface area contributed by atoms with Crippen molar-refractivity contribution in [3.05, 3.63) is 0 Å². The van der Waals surface area contributed by atoms with Crippen molar-refractivity contribution in [3.63, 3.8) is 0 Å². The molecule has 0 aromatic carbocycles. The van der Waals surface area contributed by atoms with Gasteiger partial charge >= 0.3 is 0 Å². The average Bonchev–Trinajstić information content (AvgIpc) is 2.10. The van der Waals surface area contributed by atoms with Crippen molar-refractivity contribution in [3.8, 4) is 0 Å². The van der Waals surface area contributed by atoms with Gasteiger partial charge in [-0.2, -0.15) is 5.10 Å². The van der Waals surface area contributed by atoms with Crippen LogP contribution in [0.5, 0.6) is 0 Å². The molecule has 1 heterocycles. The highest BCUT2D eigenvalue weighted by Gasteiger charge is 2.44. The zero-order valence-corrected chi connectivity index (χ0v) is 11.0. The fraction of sp³-hybridized carbons (Fsp3) is 0.800. The van der Waals surface area contributed by atoms with Crippen molar-refractivity contribution in [1.82, 2.24) is 10.5 Å². The van der Waals surface area contributed by atoms with Crippen LogP contribution in [0.15, 0.2) is 5.10 Å². The first-order valence-electron chi connectivity index (χ1n) is 5.23. The summed E-state index contributed by atoms with van der Waals surface area (Å²) in [5.74, 6) is 0. The van der Waals surface area contributed by atoms with E-state index >= 15 is 0 Å². The highest BCUT2D eigenvalue weighted by Crippen LogP contribution is 2.35. The van der Waals surface area contributed by atoms with Gasteiger partial charge in [0, 0.05) is 29.6 Å². The van der Waals surface area contributed by atoms with Crippen LogP contribution in [0.25, 0.3) is 0 Å². The van der Waals surface area contributed by atoms with Gasteiger partial charge in [-0.15, -0.1) is 10.3 Å². The highest BCUT2D eigenvalue weighted by atomic mass is 32.1. The summed E-state index contributed by atoms with van der Waals surface area (Å²) < 4.78 is 0. The molecule has 0 saturated carbocycles. The normalized spacial score (nSPS) is 23.9. The molecule has 0 aromatic heterocycles. The van der Waals surface area contributed by atoms with Gasteiger partial charge in [0.2, 0.25) is 0 Å². The molecule has 0 bridgehead atoms. The summed E-state index contributed by atoms with van der Waals surface area (Å²) in [5.41, 5.74) is 7.93. The third kappa shape index (κ3) is 2.90. The van der Waals surface area contributed by atoms with Crippen molar-refractivity contribution >= 4 is 23.0 Å². The highest BCUT2D eigenvalue weighted by molar-refractivity contribution is 7.80. The molecule has 1 rings (SSSR count). The standard InChI is InChI=1S/C10H19N4OS/c1-9(2)5-7(12-13-8(11)16)6-10(3,4)14(9)15/h5-6H2,1-4H3,(H3,11,13,16). The SMILES string of the molecule is CC1(C)CC(=NNC(N)=S)CC(C)(C)N1[O]. The summed E-state index contributed by atoms with van der Waals surface area (Å²) in [6.07, 6.45) is 1.24. The second kappa shape index (κ2) is 4.27. The summed E-state index contributed by atoms with van der Waals surface area (Å²) >= 11 is 4.69. The molecule has 1 aliphatic heterocycles. The van der Waals surface area contributed by atoms with Crippen molar-refractivity contribution in [2.45, 2.75) is 51.6 Å². The Morgan fingerprint density at radius 3 is 2.19 bits per heavy atom. The first kappa shape index (κ1) is 13.3. The van der Waals surface area contributed by atoms with Crippen molar-refractivity contribution < 1.29 is 5.21 Å². The Balaban J connectivity index is 2.86. The van der Waals surface area contributed by atoms with Crippen LogP contribution in [0.4, 0.5) is 0 Å². The minimum absolute atomic E-state index is 0.146. The van der Waals surface area contributed by atoms with E-state index in [2.05, 4.69) is 22.7 Å². The van der Waals surface area contributed by atoms with Gasteiger partial charge in [-0.3, -0.25) is 5.43 Å². The quantitative estimate of drug-likeness (QED) is 0.535. The largest absolute Gasteiger partial charge is 0.375 e. The fourth-order valence-electron chi connectivity index (χ4n) is 2.24. The van der Waals surface area contributed by atoms with Crippen LogP contribution in [0, 0.1) is 0 Å². The molecule has 91 valence electrons. The zero-order valence-electron chi connectivity index (χ0n) is 10.2. The van der Waals surface area contributed by atoms with E-state index < -0.39 is 11.1 Å². The van der Waals surface area contributed by atoms with Crippen LogP contribution in [0.1, 0.15) is 40.5 Å². The maximum Gasteiger partial charge on any atom is 0.184 e. The molecule has 0 aliphatic carbocycles. The Morgan fingerprint density at radius 2 is 1.81 bits per heavy atom. The third-order valence-corrected chi connectivity index (χ3v) is 2.79. The number of hydrogen-bond acceptors (Lipinski definition) is 3. The van der Waals surface area contributed by atoms with Gasteiger partial charge in [0.05, 0.1) is 0 Å². The predicted molar refractivity (Wildman–Crippen MR) is 67.3 cm³/mol. The van der Waals surface area contributed by atoms with Crippen LogP contribution in [-0.2, 0) is 5.21 Å². The Labute approximate surface area is 102 Å². The average molecular weight is 243 g/mol. The van der Waals surface area contributed by atoms with Crippen molar-refractivity contribution in [1.29, 1.82) is 0 Å². The fourth-order valence-corrected chi connectivity index (χ4v) is 2.28. The molecular weight excluding hydrogens is 224 g/mol. The second-order valence-corrected chi connectivity index (χ2v) is 5.87. The molecule has 0 unspecified atom stereocenters. The lowest BCUT2D eigenvalue weighted by atomic mass is 9.81. The second-order valence-electron chi connectivity index (χ2n) is 5.43. The molecule has 16 heavy (non-hydrogen) atoms. The van der Waals surface area contributed by atoms with E-state index in [9.17, 15) is 5.21 Å². The minimum atomic E-state index is -0.446. The number of rotatable bonds is 1. The third-order valence-electron chi connectivity index (χ3n) is 2.70. The molecule has 1 radical (unpaired) electrons. The number of nitrogens with zero attached hydrogens (tertiary/aromatic N) is 2. The Bertz CT molecular complexity index is 305. The van der Waals surface area contributed by atoms with E-state index in [1.165, 1.54) is 0 Å². The van der Waals surface area contributed by atoms with Gasteiger partial charge in [0.25, 0.3) is 0 Å². The molecule has 1 aliphatic rings. The predicted octanol–water partition coefficient (Wildman–Crippen LogP) is 1.17. The van der Waals surface area contributed by atoms with Crippen molar-refractivity contribution in [2.24, 2.45) is 10.8 Å². The number of hydrogen-bond donors (Lipinski definition) is 2. The number of nitrogens with one attached hydrogen (secondary N) is 1. The Morgan fingerprint density at radius 1 is 1.38 bits per heavy atom. The Hall–Kier alpha value is -0.720. The van der Waals surface area contributed by atoms with Gasteiger partial charge in [0.1, 0.15) is 0 Å². The molecule has 0 atom stereocenters. The lowest BCUT2D eigenvalue weighted by Crippen LogP contribution is -2.58. The van der Waals surface area contributed by atoms with E-state index in [1.54, 1.807) is 0 Å². The van der Waals surface area contributed by atoms with E-state index in [-0.39, 0.29) is 5.11 Å². The number of hydrazone groups is 1. The van der Waals surface area contributed by atoms with Crippen LogP contribution in [0.2, 0.25) is 0 Å². The minimum Gasteiger partial charge on any atom is -0.375 e. The van der Waals surface area contributed by atoms with Crippen LogP contribution in [-0.4, -0.2) is 27.0 Å². The first-order chi connectivity index (χ1) is 7.15. The molecule has 5 nitrogen and oxygen atoms in total. The summed E-state index contributed by atoms with van der Waals surface area (Å²) in [6.45, 7) is 7.66. The summed E-state index contributed by atoms with van der Waals surface area (Å²) in [7, 11) is 0. The molecule has 1 fully saturated rings. The monoisotopic (exact) mass is 243 g/mol. The van der Waals surface area contributed by atoms with Gasteiger partial charge in [-0.25, -0.2) is 0 Å². The molecule has 0 amide bonds. The smallest absolute Gasteiger partial charge is 0.184 e. The topological polar surface area (TPSA) is 73.5 Å². The van der Waals surface area contributed by atoms with Crippen LogP contribution >= 0.6 is 12.2 Å². The van der Waals surface area contributed by atoms with E-state index in [0.717, 1.165) is 10.8 Å². The van der Waals surface area contributed by atoms with Crippen molar-refractivity contribution in [2.75, 3.05) is 0 Å². The Kier molecular flexibility index (Phi) is 3.56. The molecule has 1 saturated heterocycles. The van der Waals surface area contributed by atoms with Gasteiger partial charge in [-0.1, -0.05) is 0 Å². The molecule has 0 aromatic rings. The zero-order chi connectivity index (χ0) is 12.6. The molecule has 0 spiro atoms. The first-order valence-corrected chi connectivity index (χ1v) is 5.64. The molecular formula is C10H19N4OS. The van der Waals surface area contributed by atoms with Gasteiger partial charge < -0.3 is 5.73 Å². The van der Waals surface area contributed by atoms with Gasteiger partial charge in [0.15, 0.2) is 5.11 Å². The summed E-state index contributed by atoms with van der Waals surface area (Å²) in [6, 6.07) is 0. The van der Waals surface area contributed by atoms with E-state index in [4.69, 9.17) is 5.73 Å². The number of piperidine rings is 1. The summed E-state index contributed by atoms with van der Waals surface area (Å²) in [5, 5.41) is 17.5. The van der Waals surface area contributed by atoms with Crippen LogP contribution in [0.3, 0.4) is 0 Å². The summed E-state index contributed by atoms with van der Waals surface area (Å²) in [4.78, 5) is 0. The number of thiocarbonyl (C=S) groups is 1. The lowest BCUT2D eigenvalue weighted by Gasteiger charge is -2.46. The number of nitrogens with two attached hydrogens (primary N) is 1. The van der Waals surface area contributed by atoms with Gasteiger partial charge in [-0.05, 0) is 39.9 Å². The maximum absolute atomic E-state index is 12.0. The lowest BCUT2D eigenvalue weighted by molar-refractivity contribution is -0.273. The molecule has 6 heteroatoms. The van der Waals surface area contributed by atoms with E-state index in [0.29, 0.717) is 12.8 Å².